The molecule has 0 atom stereocenters. The number of likely N-dealkylation sites (N-methyl/N-ethyl adjacent to an activating group) is 1. The summed E-state index contributed by atoms with van der Waals surface area (Å²) in [4.78, 5) is 23.2. The number of amides is 1. The molecule has 5 nitrogen and oxygen atoms in total. The van der Waals surface area contributed by atoms with Gasteiger partial charge in [-0.3, -0.25) is 9.59 Å². The number of carboxylic acid groups (broad SMARTS) is 1. The highest BCUT2D eigenvalue weighted by molar-refractivity contribution is 5.81. The van der Waals surface area contributed by atoms with Crippen LogP contribution >= 0.6 is 0 Å². The number of carbonyl (C=O) groups excluding carboxylic acids is 1. The van der Waals surface area contributed by atoms with E-state index >= 15 is 0 Å². The van der Waals surface area contributed by atoms with Crippen molar-refractivity contribution in [1.82, 2.24) is 4.90 Å². The summed E-state index contributed by atoms with van der Waals surface area (Å²) in [7, 11) is 1.49. The minimum atomic E-state index is -0.997. The van der Waals surface area contributed by atoms with Crippen LogP contribution in [0.25, 0.3) is 0 Å². The molecule has 86 valence electrons. The van der Waals surface area contributed by atoms with Crippen molar-refractivity contribution in [1.29, 1.82) is 0 Å². The Morgan fingerprint density at radius 2 is 1.93 bits per heavy atom. The lowest BCUT2D eigenvalue weighted by molar-refractivity contribution is -0.143. The minimum absolute atomic E-state index is 0.179. The third-order valence-corrected chi connectivity index (χ3v) is 2.90. The van der Waals surface area contributed by atoms with E-state index in [0.717, 1.165) is 25.7 Å². The van der Waals surface area contributed by atoms with E-state index in [9.17, 15) is 9.59 Å². The maximum atomic E-state index is 11.6. The van der Waals surface area contributed by atoms with E-state index in [-0.39, 0.29) is 18.9 Å². The number of nitrogens with two attached hydrogens (primary N) is 1. The molecule has 15 heavy (non-hydrogen) atoms. The molecule has 1 amide bonds. The highest BCUT2D eigenvalue weighted by Crippen LogP contribution is 2.30. The molecule has 0 bridgehead atoms. The quantitative estimate of drug-likeness (QED) is 0.699. The smallest absolute Gasteiger partial charge is 0.323 e. The van der Waals surface area contributed by atoms with Gasteiger partial charge < -0.3 is 15.7 Å². The van der Waals surface area contributed by atoms with Crippen LogP contribution in [0.4, 0.5) is 0 Å². The average molecular weight is 214 g/mol. The molecule has 0 aromatic heterocycles. The molecule has 0 aromatic carbocycles. The van der Waals surface area contributed by atoms with Gasteiger partial charge in [0.2, 0.25) is 5.91 Å². The van der Waals surface area contributed by atoms with E-state index < -0.39 is 11.5 Å². The topological polar surface area (TPSA) is 83.6 Å². The summed E-state index contributed by atoms with van der Waals surface area (Å²) in [6.07, 6.45) is 4.11. The fraction of sp³-hybridized carbons (Fsp3) is 0.800. The molecule has 0 radical (unpaired) electrons. The summed E-state index contributed by atoms with van der Waals surface area (Å²) >= 11 is 0. The summed E-state index contributed by atoms with van der Waals surface area (Å²) in [5.41, 5.74) is 5.63. The standard InChI is InChI=1S/C10H18N2O3/c1-12(7-9(14)15)8(13)6-10(11)4-2-3-5-10/h2-7,11H2,1H3,(H,14,15). The molecule has 0 spiro atoms. The first-order valence-corrected chi connectivity index (χ1v) is 5.18. The van der Waals surface area contributed by atoms with Gasteiger partial charge in [-0.25, -0.2) is 0 Å². The highest BCUT2D eigenvalue weighted by Gasteiger charge is 2.32. The predicted octanol–water partition coefficient (Wildman–Crippen LogP) is 0.191. The largest absolute Gasteiger partial charge is 0.480 e. The molecule has 1 saturated carbocycles. The Morgan fingerprint density at radius 3 is 2.40 bits per heavy atom. The van der Waals surface area contributed by atoms with Gasteiger partial charge in [-0.1, -0.05) is 12.8 Å². The summed E-state index contributed by atoms with van der Waals surface area (Å²) in [5.74, 6) is -1.18. The van der Waals surface area contributed by atoms with Crippen LogP contribution in [0.15, 0.2) is 0 Å². The second kappa shape index (κ2) is 4.61. The Kier molecular flexibility index (Phi) is 3.68. The summed E-state index contributed by atoms with van der Waals surface area (Å²) in [6.45, 7) is -0.255. The highest BCUT2D eigenvalue weighted by atomic mass is 16.4. The summed E-state index contributed by atoms with van der Waals surface area (Å²) in [6, 6.07) is 0. The van der Waals surface area contributed by atoms with Crippen LogP contribution < -0.4 is 5.73 Å². The second-order valence-electron chi connectivity index (χ2n) is 4.39. The number of rotatable bonds is 4. The molecular formula is C10H18N2O3. The minimum Gasteiger partial charge on any atom is -0.480 e. The molecule has 5 heteroatoms. The van der Waals surface area contributed by atoms with E-state index in [1.165, 1.54) is 11.9 Å². The van der Waals surface area contributed by atoms with Crippen molar-refractivity contribution in [2.75, 3.05) is 13.6 Å². The SMILES string of the molecule is CN(CC(=O)O)C(=O)CC1(N)CCCC1. The van der Waals surface area contributed by atoms with E-state index in [0.29, 0.717) is 0 Å². The maximum absolute atomic E-state index is 11.6. The average Bonchev–Trinajstić information content (AvgIpc) is 2.50. The van der Waals surface area contributed by atoms with Gasteiger partial charge in [0.05, 0.1) is 0 Å². The van der Waals surface area contributed by atoms with Gasteiger partial charge in [-0.2, -0.15) is 0 Å². The van der Waals surface area contributed by atoms with Crippen molar-refractivity contribution in [3.63, 3.8) is 0 Å². The lowest BCUT2D eigenvalue weighted by Crippen LogP contribution is -2.43. The lowest BCUT2D eigenvalue weighted by atomic mass is 9.94. The molecule has 0 heterocycles. The summed E-state index contributed by atoms with van der Waals surface area (Å²) < 4.78 is 0. The predicted molar refractivity (Wildman–Crippen MR) is 55.3 cm³/mol. The van der Waals surface area contributed by atoms with Crippen LogP contribution in [0, 0.1) is 0 Å². The van der Waals surface area contributed by atoms with Crippen LogP contribution in [0.3, 0.4) is 0 Å². The lowest BCUT2D eigenvalue weighted by Gasteiger charge is -2.25. The van der Waals surface area contributed by atoms with Crippen LogP contribution in [0.1, 0.15) is 32.1 Å². The first-order valence-electron chi connectivity index (χ1n) is 5.18. The Bertz CT molecular complexity index is 259. The van der Waals surface area contributed by atoms with E-state index in [1.54, 1.807) is 0 Å². The molecule has 0 aliphatic heterocycles. The van der Waals surface area contributed by atoms with Crippen molar-refractivity contribution in [3.05, 3.63) is 0 Å². The zero-order chi connectivity index (χ0) is 11.5. The van der Waals surface area contributed by atoms with Crippen LogP contribution in [-0.4, -0.2) is 41.0 Å². The number of hydrogen-bond donors (Lipinski definition) is 2. The molecule has 0 aromatic rings. The van der Waals surface area contributed by atoms with Crippen molar-refractivity contribution in [3.8, 4) is 0 Å². The zero-order valence-corrected chi connectivity index (χ0v) is 9.03. The van der Waals surface area contributed by atoms with Gasteiger partial charge in [0.1, 0.15) is 6.54 Å². The Labute approximate surface area is 89.2 Å². The fourth-order valence-electron chi connectivity index (χ4n) is 1.98. The van der Waals surface area contributed by atoms with Gasteiger partial charge in [-0.05, 0) is 12.8 Å². The third kappa shape index (κ3) is 3.51. The number of hydrogen-bond acceptors (Lipinski definition) is 3. The molecule has 3 N–H and O–H groups in total. The van der Waals surface area contributed by atoms with Gasteiger partial charge >= 0.3 is 5.97 Å². The molecule has 0 saturated heterocycles. The summed E-state index contributed by atoms with van der Waals surface area (Å²) in [5, 5.41) is 8.53. The molecule has 1 rings (SSSR count). The van der Waals surface area contributed by atoms with Crippen molar-refractivity contribution < 1.29 is 14.7 Å². The van der Waals surface area contributed by atoms with Crippen molar-refractivity contribution in [2.45, 2.75) is 37.6 Å². The zero-order valence-electron chi connectivity index (χ0n) is 9.03. The fourth-order valence-corrected chi connectivity index (χ4v) is 1.98. The molecule has 1 aliphatic rings. The third-order valence-electron chi connectivity index (χ3n) is 2.90. The molecule has 1 aliphatic carbocycles. The number of carboxylic acids is 1. The first kappa shape index (κ1) is 12.0. The Balaban J connectivity index is 2.43. The van der Waals surface area contributed by atoms with Gasteiger partial charge in [0.15, 0.2) is 0 Å². The van der Waals surface area contributed by atoms with Gasteiger partial charge in [-0.15, -0.1) is 0 Å². The van der Waals surface area contributed by atoms with Gasteiger partial charge in [0, 0.05) is 19.0 Å². The number of aliphatic carboxylic acids is 1. The Hall–Kier alpha value is -1.10. The van der Waals surface area contributed by atoms with Gasteiger partial charge in [0.25, 0.3) is 0 Å². The van der Waals surface area contributed by atoms with Crippen LogP contribution in [0.5, 0.6) is 0 Å². The van der Waals surface area contributed by atoms with Crippen LogP contribution in [0.2, 0.25) is 0 Å². The van der Waals surface area contributed by atoms with Crippen LogP contribution in [-0.2, 0) is 9.59 Å². The van der Waals surface area contributed by atoms with E-state index in [2.05, 4.69) is 0 Å². The van der Waals surface area contributed by atoms with Crippen molar-refractivity contribution in [2.24, 2.45) is 5.73 Å². The normalized spacial score (nSPS) is 18.8. The molecule has 1 fully saturated rings. The first-order chi connectivity index (χ1) is 6.93. The van der Waals surface area contributed by atoms with E-state index in [4.69, 9.17) is 10.8 Å². The number of nitrogens with zero attached hydrogens (tertiary/aromatic N) is 1. The van der Waals surface area contributed by atoms with Crippen molar-refractivity contribution >= 4 is 11.9 Å². The molecular weight excluding hydrogens is 196 g/mol. The second-order valence-corrected chi connectivity index (χ2v) is 4.39. The van der Waals surface area contributed by atoms with E-state index in [1.807, 2.05) is 0 Å². The monoisotopic (exact) mass is 214 g/mol. The maximum Gasteiger partial charge on any atom is 0.323 e. The number of carbonyl (C=O) groups is 2. The Morgan fingerprint density at radius 1 is 1.40 bits per heavy atom. The molecule has 0 unspecified atom stereocenters.